The predicted octanol–water partition coefficient (Wildman–Crippen LogP) is 2.37. The molecule has 4 heteroatoms. The Morgan fingerprint density at radius 3 is 2.56 bits per heavy atom. The fourth-order valence-corrected chi connectivity index (χ4v) is 3.46. The van der Waals surface area contributed by atoms with Crippen molar-refractivity contribution in [3.63, 3.8) is 0 Å². The van der Waals surface area contributed by atoms with Gasteiger partial charge in [-0.3, -0.25) is 4.79 Å². The monoisotopic (exact) mass is 338 g/mol. The van der Waals surface area contributed by atoms with Crippen molar-refractivity contribution in [2.75, 3.05) is 6.54 Å². The van der Waals surface area contributed by atoms with Crippen molar-refractivity contribution in [1.82, 2.24) is 10.6 Å². The van der Waals surface area contributed by atoms with Gasteiger partial charge in [0.1, 0.15) is 0 Å². The Balaban J connectivity index is 1.60. The van der Waals surface area contributed by atoms with E-state index < -0.39 is 6.10 Å². The second kappa shape index (κ2) is 8.28. The first-order chi connectivity index (χ1) is 12.1. The molecule has 0 fully saturated rings. The molecule has 1 heterocycles. The maximum Gasteiger partial charge on any atom is 0.237 e. The van der Waals surface area contributed by atoms with Crippen LogP contribution < -0.4 is 10.6 Å². The largest absolute Gasteiger partial charge is 0.393 e. The molecule has 25 heavy (non-hydrogen) atoms. The second-order valence-electron chi connectivity index (χ2n) is 6.84. The number of carbonyl (C=O) groups is 1. The molecule has 0 saturated heterocycles. The highest BCUT2D eigenvalue weighted by molar-refractivity contribution is 5.82. The van der Waals surface area contributed by atoms with Gasteiger partial charge in [0, 0.05) is 19.0 Å². The van der Waals surface area contributed by atoms with E-state index in [0.29, 0.717) is 19.4 Å². The van der Waals surface area contributed by atoms with Crippen LogP contribution in [-0.4, -0.2) is 29.7 Å². The van der Waals surface area contributed by atoms with Gasteiger partial charge in [-0.15, -0.1) is 0 Å². The lowest BCUT2D eigenvalue weighted by Gasteiger charge is -2.26. The summed E-state index contributed by atoms with van der Waals surface area (Å²) < 4.78 is 0. The van der Waals surface area contributed by atoms with Crippen LogP contribution in [0.2, 0.25) is 0 Å². The van der Waals surface area contributed by atoms with Crippen molar-refractivity contribution in [1.29, 1.82) is 0 Å². The minimum Gasteiger partial charge on any atom is -0.393 e. The zero-order chi connectivity index (χ0) is 17.6. The fraction of sp³-hybridized carbons (Fsp3) is 0.381. The summed E-state index contributed by atoms with van der Waals surface area (Å²) in [6.45, 7) is 3.05. The highest BCUT2D eigenvalue weighted by atomic mass is 16.3. The van der Waals surface area contributed by atoms with E-state index in [0.717, 1.165) is 12.1 Å². The Morgan fingerprint density at radius 2 is 1.84 bits per heavy atom. The first-order valence-electron chi connectivity index (χ1n) is 8.94. The molecule has 0 spiro atoms. The van der Waals surface area contributed by atoms with E-state index in [1.165, 1.54) is 11.1 Å². The summed E-state index contributed by atoms with van der Waals surface area (Å²) in [6.07, 6.45) is 0.946. The van der Waals surface area contributed by atoms with E-state index in [1.807, 2.05) is 42.5 Å². The second-order valence-corrected chi connectivity index (χ2v) is 6.84. The number of rotatable bonds is 6. The molecule has 0 aromatic heterocycles. The van der Waals surface area contributed by atoms with Crippen LogP contribution in [0, 0.1) is 0 Å². The van der Waals surface area contributed by atoms with E-state index >= 15 is 0 Å². The first-order valence-corrected chi connectivity index (χ1v) is 8.94. The van der Waals surface area contributed by atoms with Crippen molar-refractivity contribution in [2.24, 2.45) is 0 Å². The first kappa shape index (κ1) is 17.6. The smallest absolute Gasteiger partial charge is 0.237 e. The van der Waals surface area contributed by atoms with Gasteiger partial charge < -0.3 is 15.7 Å². The molecule has 4 nitrogen and oxygen atoms in total. The van der Waals surface area contributed by atoms with Gasteiger partial charge in [-0.1, -0.05) is 54.6 Å². The Hall–Kier alpha value is -2.17. The maximum atomic E-state index is 12.6. The SMILES string of the molecule is CC(O)CC(CNC(=O)C1Cc2ccccc2CN1)c1ccccc1. The van der Waals surface area contributed by atoms with Crippen molar-refractivity contribution in [2.45, 2.75) is 44.4 Å². The van der Waals surface area contributed by atoms with Crippen LogP contribution in [0.1, 0.15) is 36.0 Å². The molecule has 3 atom stereocenters. The van der Waals surface area contributed by atoms with Crippen LogP contribution in [0.25, 0.3) is 0 Å². The molecule has 0 bridgehead atoms. The molecule has 1 aliphatic rings. The van der Waals surface area contributed by atoms with Gasteiger partial charge in [-0.2, -0.15) is 0 Å². The van der Waals surface area contributed by atoms with Crippen molar-refractivity contribution in [3.05, 3.63) is 71.3 Å². The average Bonchev–Trinajstić information content (AvgIpc) is 2.65. The molecule has 132 valence electrons. The Labute approximate surface area is 149 Å². The third-order valence-electron chi connectivity index (χ3n) is 4.82. The third kappa shape index (κ3) is 4.68. The van der Waals surface area contributed by atoms with E-state index in [9.17, 15) is 9.90 Å². The summed E-state index contributed by atoms with van der Waals surface area (Å²) in [4.78, 5) is 12.6. The van der Waals surface area contributed by atoms with E-state index in [2.05, 4.69) is 22.8 Å². The standard InChI is InChI=1S/C21H26N2O2/c1-15(24)11-19(16-7-3-2-4-8-16)14-23-21(25)20-12-17-9-5-6-10-18(17)13-22-20/h2-10,15,19-20,22,24H,11-14H2,1H3,(H,23,25). The van der Waals surface area contributed by atoms with E-state index in [4.69, 9.17) is 0 Å². The van der Waals surface area contributed by atoms with Crippen LogP contribution in [-0.2, 0) is 17.8 Å². The molecule has 0 saturated carbocycles. The van der Waals surface area contributed by atoms with Crippen molar-refractivity contribution < 1.29 is 9.90 Å². The van der Waals surface area contributed by atoms with Crippen molar-refractivity contribution in [3.8, 4) is 0 Å². The van der Waals surface area contributed by atoms with Crippen LogP contribution in [0.4, 0.5) is 0 Å². The molecule has 1 aliphatic heterocycles. The zero-order valence-electron chi connectivity index (χ0n) is 14.6. The quantitative estimate of drug-likeness (QED) is 0.758. The molecule has 0 aliphatic carbocycles. The molecule has 3 N–H and O–H groups in total. The molecular formula is C21H26N2O2. The van der Waals surface area contributed by atoms with Gasteiger partial charge in [-0.25, -0.2) is 0 Å². The number of benzene rings is 2. The number of aliphatic hydroxyl groups excluding tert-OH is 1. The van der Waals surface area contributed by atoms with E-state index in [-0.39, 0.29) is 17.9 Å². The van der Waals surface area contributed by atoms with Crippen LogP contribution in [0.5, 0.6) is 0 Å². The van der Waals surface area contributed by atoms with Gasteiger partial charge in [0.05, 0.1) is 12.1 Å². The molecule has 2 aromatic carbocycles. The van der Waals surface area contributed by atoms with Gasteiger partial charge in [0.15, 0.2) is 0 Å². The third-order valence-corrected chi connectivity index (χ3v) is 4.82. The molecule has 1 amide bonds. The summed E-state index contributed by atoms with van der Waals surface area (Å²) in [5.74, 6) is 0.141. The van der Waals surface area contributed by atoms with Gasteiger partial charge in [0.2, 0.25) is 5.91 Å². The average molecular weight is 338 g/mol. The summed E-state index contributed by atoms with van der Waals surface area (Å²) in [7, 11) is 0. The van der Waals surface area contributed by atoms with E-state index in [1.54, 1.807) is 6.92 Å². The Morgan fingerprint density at radius 1 is 1.16 bits per heavy atom. The fourth-order valence-electron chi connectivity index (χ4n) is 3.46. The lowest BCUT2D eigenvalue weighted by Crippen LogP contribution is -2.48. The van der Waals surface area contributed by atoms with Gasteiger partial charge in [0.25, 0.3) is 0 Å². The lowest BCUT2D eigenvalue weighted by atomic mass is 9.92. The minimum absolute atomic E-state index is 0.0287. The molecule has 3 rings (SSSR count). The van der Waals surface area contributed by atoms with Crippen LogP contribution in [0.3, 0.4) is 0 Å². The number of nitrogens with one attached hydrogen (secondary N) is 2. The Bertz CT molecular complexity index is 700. The summed E-state index contributed by atoms with van der Waals surface area (Å²) in [6, 6.07) is 18.1. The molecule has 2 aromatic rings. The van der Waals surface area contributed by atoms with Gasteiger partial charge >= 0.3 is 0 Å². The molecular weight excluding hydrogens is 312 g/mol. The highest BCUT2D eigenvalue weighted by Crippen LogP contribution is 2.21. The highest BCUT2D eigenvalue weighted by Gasteiger charge is 2.24. The summed E-state index contributed by atoms with van der Waals surface area (Å²) in [5, 5.41) is 16.2. The minimum atomic E-state index is -0.401. The van der Waals surface area contributed by atoms with Gasteiger partial charge in [-0.05, 0) is 36.5 Å². The number of aliphatic hydroxyl groups is 1. The lowest BCUT2D eigenvalue weighted by molar-refractivity contribution is -0.123. The number of hydrogen-bond donors (Lipinski definition) is 3. The summed E-state index contributed by atoms with van der Waals surface area (Å²) in [5.41, 5.74) is 3.65. The number of amides is 1. The number of hydrogen-bond acceptors (Lipinski definition) is 3. The molecule has 0 radical (unpaired) electrons. The number of carbonyl (C=O) groups excluding carboxylic acids is 1. The number of fused-ring (bicyclic) bond motifs is 1. The van der Waals surface area contributed by atoms with Crippen molar-refractivity contribution >= 4 is 5.91 Å². The summed E-state index contributed by atoms with van der Waals surface area (Å²) >= 11 is 0. The normalized spacial score (nSPS) is 18.9. The predicted molar refractivity (Wildman–Crippen MR) is 99.3 cm³/mol. The zero-order valence-corrected chi connectivity index (χ0v) is 14.6. The van der Waals surface area contributed by atoms with Crippen LogP contribution in [0.15, 0.2) is 54.6 Å². The Kier molecular flexibility index (Phi) is 5.84. The maximum absolute atomic E-state index is 12.6. The molecule has 3 unspecified atom stereocenters. The van der Waals surface area contributed by atoms with Crippen LogP contribution >= 0.6 is 0 Å². The topological polar surface area (TPSA) is 61.4 Å².